The molecule has 0 saturated carbocycles. The van der Waals surface area contributed by atoms with Gasteiger partial charge in [-0.2, -0.15) is 13.2 Å². The summed E-state index contributed by atoms with van der Waals surface area (Å²) in [4.78, 5) is 5.74. The van der Waals surface area contributed by atoms with Gasteiger partial charge in [-0.25, -0.2) is 0 Å². The van der Waals surface area contributed by atoms with Gasteiger partial charge in [-0.15, -0.1) is 24.0 Å². The normalized spacial score (nSPS) is 16.6. The average molecular weight is 531 g/mol. The molecule has 0 aliphatic carbocycles. The quantitative estimate of drug-likeness (QED) is 0.304. The van der Waals surface area contributed by atoms with Crippen molar-refractivity contribution in [1.29, 1.82) is 0 Å². The lowest BCUT2D eigenvalue weighted by Crippen LogP contribution is -2.41. The van der Waals surface area contributed by atoms with Crippen LogP contribution in [0.2, 0.25) is 0 Å². The van der Waals surface area contributed by atoms with Crippen LogP contribution < -0.4 is 10.6 Å². The van der Waals surface area contributed by atoms with E-state index in [1.165, 1.54) is 4.90 Å². The predicted octanol–water partition coefficient (Wildman–Crippen LogP) is 3.75. The molecule has 0 bridgehead atoms. The van der Waals surface area contributed by atoms with Crippen LogP contribution in [0, 0.1) is 5.92 Å². The maximum absolute atomic E-state index is 12.5. The smallest absolute Gasteiger partial charge is 0.361 e. The Labute approximate surface area is 188 Å². The van der Waals surface area contributed by atoms with E-state index >= 15 is 0 Å². The summed E-state index contributed by atoms with van der Waals surface area (Å²) in [6, 6.07) is 0. The van der Waals surface area contributed by atoms with Gasteiger partial charge in [0.05, 0.1) is 12.2 Å². The molecule has 29 heavy (non-hydrogen) atoms. The maximum atomic E-state index is 12.5. The first-order chi connectivity index (χ1) is 13.4. The molecule has 0 aromatic carbocycles. The number of likely N-dealkylation sites (tertiary alicyclic amines) is 1. The van der Waals surface area contributed by atoms with E-state index in [2.05, 4.69) is 20.8 Å². The number of nitrogens with zero attached hydrogens (tertiary/aromatic N) is 3. The third-order valence-corrected chi connectivity index (χ3v) is 5.22. The fraction of sp³-hybridized carbons (Fsp3) is 0.789. The number of alkyl halides is 3. The summed E-state index contributed by atoms with van der Waals surface area (Å²) in [6.45, 7) is 5.68. The topological polar surface area (TPSA) is 65.7 Å². The standard InChI is InChI=1S/C19H32F3N5O.HI/c1-4-16-15(17(5-2)28-26-16)12-25-18(23-3)24-9-6-14-7-10-27(11-8-14)13-19(20,21)22;/h14H,4-13H2,1-3H3,(H2,23,24,25);1H. The van der Waals surface area contributed by atoms with E-state index in [1.807, 2.05) is 13.8 Å². The Bertz CT molecular complexity index is 606. The first-order valence-electron chi connectivity index (χ1n) is 10.1. The summed E-state index contributed by atoms with van der Waals surface area (Å²) in [6.07, 6.45) is 0.0532. The summed E-state index contributed by atoms with van der Waals surface area (Å²) >= 11 is 0. The van der Waals surface area contributed by atoms with Crippen LogP contribution in [0.4, 0.5) is 13.2 Å². The zero-order chi connectivity index (χ0) is 20.6. The second-order valence-corrected chi connectivity index (χ2v) is 7.21. The van der Waals surface area contributed by atoms with Crippen LogP contribution in [0.1, 0.15) is 50.1 Å². The van der Waals surface area contributed by atoms with E-state index in [4.69, 9.17) is 4.52 Å². The van der Waals surface area contributed by atoms with Crippen LogP contribution in [0.3, 0.4) is 0 Å². The summed E-state index contributed by atoms with van der Waals surface area (Å²) in [5, 5.41) is 10.7. The Kier molecular flexibility index (Phi) is 11.3. The highest BCUT2D eigenvalue weighted by atomic mass is 127. The molecule has 0 amide bonds. The number of guanidine groups is 1. The molecule has 2 heterocycles. The molecule has 1 aromatic heterocycles. The summed E-state index contributed by atoms with van der Waals surface area (Å²) in [7, 11) is 1.72. The molecule has 0 spiro atoms. The Morgan fingerprint density at radius 3 is 2.45 bits per heavy atom. The van der Waals surface area contributed by atoms with Crippen molar-refractivity contribution in [1.82, 2.24) is 20.7 Å². The van der Waals surface area contributed by atoms with Crippen LogP contribution in [-0.4, -0.2) is 55.4 Å². The number of aromatic nitrogens is 1. The van der Waals surface area contributed by atoms with Gasteiger partial charge in [0.25, 0.3) is 0 Å². The molecule has 1 saturated heterocycles. The third-order valence-electron chi connectivity index (χ3n) is 5.22. The minimum absolute atomic E-state index is 0. The van der Waals surface area contributed by atoms with E-state index in [-0.39, 0.29) is 24.0 Å². The second-order valence-electron chi connectivity index (χ2n) is 7.21. The van der Waals surface area contributed by atoms with Crippen molar-refractivity contribution in [3.8, 4) is 0 Å². The molecule has 10 heteroatoms. The van der Waals surface area contributed by atoms with E-state index < -0.39 is 12.7 Å². The van der Waals surface area contributed by atoms with Crippen LogP contribution in [0.15, 0.2) is 9.52 Å². The lowest BCUT2D eigenvalue weighted by molar-refractivity contribution is -0.148. The first kappa shape index (κ1) is 26.0. The maximum Gasteiger partial charge on any atom is 0.401 e. The molecular formula is C19H33F3IN5O. The highest BCUT2D eigenvalue weighted by Crippen LogP contribution is 2.24. The van der Waals surface area contributed by atoms with Gasteiger partial charge in [0.15, 0.2) is 5.96 Å². The number of aryl methyl sites for hydroxylation is 2. The van der Waals surface area contributed by atoms with E-state index in [9.17, 15) is 13.2 Å². The number of hydrogen-bond acceptors (Lipinski definition) is 4. The van der Waals surface area contributed by atoms with Gasteiger partial charge in [-0.05, 0) is 44.7 Å². The molecule has 1 fully saturated rings. The lowest BCUT2D eigenvalue weighted by atomic mass is 9.93. The third kappa shape index (κ3) is 8.69. The molecule has 1 aliphatic heterocycles. The molecule has 2 N–H and O–H groups in total. The molecule has 0 radical (unpaired) electrons. The average Bonchev–Trinajstić information content (AvgIpc) is 3.06. The Hall–Kier alpha value is -1.04. The number of rotatable bonds is 8. The summed E-state index contributed by atoms with van der Waals surface area (Å²) < 4.78 is 42.7. The number of hydrogen-bond donors (Lipinski definition) is 2. The molecule has 1 aromatic rings. The zero-order valence-corrected chi connectivity index (χ0v) is 19.8. The number of piperidine rings is 1. The lowest BCUT2D eigenvalue weighted by Gasteiger charge is -2.32. The van der Waals surface area contributed by atoms with Crippen molar-refractivity contribution in [2.75, 3.05) is 33.2 Å². The monoisotopic (exact) mass is 531 g/mol. The first-order valence-corrected chi connectivity index (χ1v) is 10.1. The molecule has 2 rings (SSSR count). The van der Waals surface area contributed by atoms with Gasteiger partial charge in [0.1, 0.15) is 5.76 Å². The van der Waals surface area contributed by atoms with Crippen molar-refractivity contribution in [2.24, 2.45) is 10.9 Å². The van der Waals surface area contributed by atoms with Gasteiger partial charge in [0.2, 0.25) is 0 Å². The number of halogens is 4. The van der Waals surface area contributed by atoms with Crippen LogP contribution in [-0.2, 0) is 19.4 Å². The van der Waals surface area contributed by atoms with Gasteiger partial charge < -0.3 is 15.2 Å². The largest absolute Gasteiger partial charge is 0.401 e. The van der Waals surface area contributed by atoms with Gasteiger partial charge in [0, 0.05) is 32.1 Å². The van der Waals surface area contributed by atoms with Crippen molar-refractivity contribution in [3.05, 3.63) is 17.0 Å². The number of aliphatic imine (C=N–C) groups is 1. The van der Waals surface area contributed by atoms with Crippen molar-refractivity contribution in [2.45, 2.75) is 58.7 Å². The molecule has 6 nitrogen and oxygen atoms in total. The van der Waals surface area contributed by atoms with E-state index in [1.54, 1.807) is 7.05 Å². The van der Waals surface area contributed by atoms with Crippen molar-refractivity contribution in [3.63, 3.8) is 0 Å². The fourth-order valence-corrected chi connectivity index (χ4v) is 3.61. The highest BCUT2D eigenvalue weighted by molar-refractivity contribution is 14.0. The predicted molar refractivity (Wildman–Crippen MR) is 119 cm³/mol. The minimum Gasteiger partial charge on any atom is -0.361 e. The zero-order valence-electron chi connectivity index (χ0n) is 17.4. The van der Waals surface area contributed by atoms with Gasteiger partial charge in [-0.1, -0.05) is 19.0 Å². The van der Waals surface area contributed by atoms with Crippen molar-refractivity contribution < 1.29 is 17.7 Å². The Balaban J connectivity index is 0.00000420. The van der Waals surface area contributed by atoms with E-state index in [0.29, 0.717) is 31.5 Å². The van der Waals surface area contributed by atoms with E-state index in [0.717, 1.165) is 55.7 Å². The second kappa shape index (κ2) is 12.6. The van der Waals surface area contributed by atoms with Gasteiger partial charge >= 0.3 is 6.18 Å². The molecule has 168 valence electrons. The molecular weight excluding hydrogens is 498 g/mol. The molecule has 0 unspecified atom stereocenters. The van der Waals surface area contributed by atoms with Crippen LogP contribution in [0.5, 0.6) is 0 Å². The van der Waals surface area contributed by atoms with Gasteiger partial charge in [-0.3, -0.25) is 9.89 Å². The summed E-state index contributed by atoms with van der Waals surface area (Å²) in [5.41, 5.74) is 2.05. The van der Waals surface area contributed by atoms with Crippen LogP contribution >= 0.6 is 24.0 Å². The minimum atomic E-state index is -4.10. The Morgan fingerprint density at radius 1 is 1.21 bits per heavy atom. The fourth-order valence-electron chi connectivity index (χ4n) is 3.61. The van der Waals surface area contributed by atoms with Crippen LogP contribution in [0.25, 0.3) is 0 Å². The summed E-state index contributed by atoms with van der Waals surface area (Å²) in [5.74, 6) is 2.05. The SMILES string of the molecule is CCc1noc(CC)c1CNC(=NC)NCCC1CCN(CC(F)(F)F)CC1.I. The highest BCUT2D eigenvalue weighted by Gasteiger charge is 2.32. The van der Waals surface area contributed by atoms with Crippen molar-refractivity contribution >= 4 is 29.9 Å². The number of nitrogens with one attached hydrogen (secondary N) is 2. The molecule has 0 atom stereocenters. The molecule has 1 aliphatic rings. The Morgan fingerprint density at radius 2 is 1.90 bits per heavy atom.